The third kappa shape index (κ3) is 3.82. The average molecular weight is 286 g/mol. The van der Waals surface area contributed by atoms with Gasteiger partial charge in [-0.2, -0.15) is 5.26 Å². The number of nitrogens with zero attached hydrogens (tertiary/aromatic N) is 1. The first-order valence-corrected chi connectivity index (χ1v) is 5.73. The van der Waals surface area contributed by atoms with Crippen molar-refractivity contribution in [3.63, 3.8) is 0 Å². The van der Waals surface area contributed by atoms with Crippen molar-refractivity contribution < 1.29 is 9.13 Å². The maximum absolute atomic E-state index is 13.3. The van der Waals surface area contributed by atoms with E-state index in [9.17, 15) is 4.39 Å². The summed E-state index contributed by atoms with van der Waals surface area (Å²) in [6.45, 7) is 3.99. The van der Waals surface area contributed by atoms with E-state index in [4.69, 9.17) is 10.00 Å². The lowest BCUT2D eigenvalue weighted by Gasteiger charge is -2.15. The molecule has 0 spiro atoms. The second kappa shape index (κ2) is 5.31. The summed E-state index contributed by atoms with van der Waals surface area (Å²) in [6.07, 6.45) is 0.568. The SMILES string of the molecule is CC(C)(C#N)CCOc1ccc(Br)cc1F. The molecule has 0 radical (unpaired) electrons. The lowest BCUT2D eigenvalue weighted by Crippen LogP contribution is -2.13. The minimum absolute atomic E-state index is 0.219. The molecule has 0 saturated carbocycles. The van der Waals surface area contributed by atoms with Crippen molar-refractivity contribution in [2.24, 2.45) is 5.41 Å². The van der Waals surface area contributed by atoms with Crippen LogP contribution in [0.2, 0.25) is 0 Å². The van der Waals surface area contributed by atoms with Crippen molar-refractivity contribution in [2.75, 3.05) is 6.61 Å². The van der Waals surface area contributed by atoms with Crippen LogP contribution in [0.1, 0.15) is 20.3 Å². The van der Waals surface area contributed by atoms with E-state index in [-0.39, 0.29) is 5.75 Å². The molecule has 2 nitrogen and oxygen atoms in total. The molecule has 16 heavy (non-hydrogen) atoms. The number of halogens is 2. The van der Waals surface area contributed by atoms with Gasteiger partial charge in [0, 0.05) is 4.47 Å². The molecular weight excluding hydrogens is 273 g/mol. The fourth-order valence-corrected chi connectivity index (χ4v) is 1.40. The highest BCUT2D eigenvalue weighted by Gasteiger charge is 2.16. The van der Waals surface area contributed by atoms with E-state index in [0.29, 0.717) is 17.5 Å². The van der Waals surface area contributed by atoms with Crippen LogP contribution in [0.15, 0.2) is 22.7 Å². The summed E-state index contributed by atoms with van der Waals surface area (Å²) in [4.78, 5) is 0. The van der Waals surface area contributed by atoms with Crippen molar-refractivity contribution in [3.05, 3.63) is 28.5 Å². The highest BCUT2D eigenvalue weighted by atomic mass is 79.9. The third-order valence-electron chi connectivity index (χ3n) is 2.18. The molecular formula is C12H13BrFNO. The number of hydrogen-bond donors (Lipinski definition) is 0. The molecule has 0 bridgehead atoms. The highest BCUT2D eigenvalue weighted by molar-refractivity contribution is 9.10. The standard InChI is InChI=1S/C12H13BrFNO/c1-12(2,8-15)5-6-16-11-4-3-9(13)7-10(11)14/h3-4,7H,5-6H2,1-2H3. The molecule has 1 aromatic rings. The summed E-state index contributed by atoms with van der Waals surface area (Å²) in [5.41, 5.74) is -0.439. The maximum Gasteiger partial charge on any atom is 0.166 e. The average Bonchev–Trinajstić information content (AvgIpc) is 2.21. The molecule has 0 heterocycles. The zero-order valence-electron chi connectivity index (χ0n) is 9.26. The highest BCUT2D eigenvalue weighted by Crippen LogP contribution is 2.23. The quantitative estimate of drug-likeness (QED) is 0.840. The van der Waals surface area contributed by atoms with Crippen LogP contribution < -0.4 is 4.74 Å². The normalized spacial score (nSPS) is 10.9. The molecule has 0 aromatic heterocycles. The van der Waals surface area contributed by atoms with Crippen molar-refractivity contribution in [1.82, 2.24) is 0 Å². The Hall–Kier alpha value is -1.08. The van der Waals surface area contributed by atoms with Crippen molar-refractivity contribution in [1.29, 1.82) is 5.26 Å². The van der Waals surface area contributed by atoms with Crippen molar-refractivity contribution in [2.45, 2.75) is 20.3 Å². The first-order valence-electron chi connectivity index (χ1n) is 4.94. The van der Waals surface area contributed by atoms with Crippen LogP contribution in [-0.2, 0) is 0 Å². The van der Waals surface area contributed by atoms with E-state index in [0.717, 1.165) is 0 Å². The zero-order valence-corrected chi connectivity index (χ0v) is 10.8. The second-order valence-electron chi connectivity index (χ2n) is 4.17. The van der Waals surface area contributed by atoms with Gasteiger partial charge in [-0.1, -0.05) is 15.9 Å². The number of hydrogen-bond acceptors (Lipinski definition) is 2. The molecule has 0 atom stereocenters. The van der Waals surface area contributed by atoms with E-state index < -0.39 is 11.2 Å². The molecule has 0 N–H and O–H groups in total. The predicted molar refractivity (Wildman–Crippen MR) is 63.6 cm³/mol. The van der Waals surface area contributed by atoms with Gasteiger partial charge < -0.3 is 4.74 Å². The minimum Gasteiger partial charge on any atom is -0.490 e. The third-order valence-corrected chi connectivity index (χ3v) is 2.67. The molecule has 0 fully saturated rings. The summed E-state index contributed by atoms with van der Waals surface area (Å²) in [5, 5.41) is 8.80. The van der Waals surface area contributed by atoms with Crippen LogP contribution >= 0.6 is 15.9 Å². The Kier molecular flexibility index (Phi) is 4.31. The van der Waals surface area contributed by atoms with Gasteiger partial charge in [-0.05, 0) is 38.5 Å². The number of nitriles is 1. The number of benzene rings is 1. The van der Waals surface area contributed by atoms with Gasteiger partial charge >= 0.3 is 0 Å². The van der Waals surface area contributed by atoms with Crippen molar-refractivity contribution >= 4 is 15.9 Å². The smallest absolute Gasteiger partial charge is 0.166 e. The fraction of sp³-hybridized carbons (Fsp3) is 0.417. The summed E-state index contributed by atoms with van der Waals surface area (Å²) < 4.78 is 19.3. The van der Waals surface area contributed by atoms with Crippen LogP contribution in [-0.4, -0.2) is 6.61 Å². The van der Waals surface area contributed by atoms with Gasteiger partial charge in [-0.25, -0.2) is 4.39 Å². The molecule has 1 rings (SSSR count). The minimum atomic E-state index is -0.439. The zero-order chi connectivity index (χ0) is 12.2. The Morgan fingerprint density at radius 3 is 2.75 bits per heavy atom. The van der Waals surface area contributed by atoms with Gasteiger partial charge in [-0.3, -0.25) is 0 Å². The molecule has 4 heteroatoms. The Bertz CT molecular complexity index is 412. The first-order chi connectivity index (χ1) is 7.44. The van der Waals surface area contributed by atoms with E-state index in [1.165, 1.54) is 6.07 Å². The Labute approximate surface area is 103 Å². The molecule has 1 aromatic carbocycles. The molecule has 0 amide bonds. The van der Waals surface area contributed by atoms with Gasteiger partial charge in [0.05, 0.1) is 18.1 Å². The van der Waals surface area contributed by atoms with Crippen LogP contribution in [0.25, 0.3) is 0 Å². The Balaban J connectivity index is 2.53. The molecule has 0 aliphatic carbocycles. The maximum atomic E-state index is 13.3. The van der Waals surface area contributed by atoms with Gasteiger partial charge in [-0.15, -0.1) is 0 Å². The van der Waals surface area contributed by atoms with E-state index in [1.54, 1.807) is 12.1 Å². The van der Waals surface area contributed by atoms with Gasteiger partial charge in [0.1, 0.15) is 0 Å². The molecule has 0 unspecified atom stereocenters. The van der Waals surface area contributed by atoms with Crippen LogP contribution in [0, 0.1) is 22.6 Å². The summed E-state index contributed by atoms with van der Waals surface area (Å²) >= 11 is 3.17. The van der Waals surface area contributed by atoms with Crippen LogP contribution in [0.5, 0.6) is 5.75 Å². The molecule has 0 aliphatic rings. The van der Waals surface area contributed by atoms with E-state index in [2.05, 4.69) is 22.0 Å². The first kappa shape index (κ1) is 13.0. The summed E-state index contributed by atoms with van der Waals surface area (Å²) in [5.74, 6) is -0.180. The van der Waals surface area contributed by atoms with Gasteiger partial charge in [0.2, 0.25) is 0 Å². The summed E-state index contributed by atoms with van der Waals surface area (Å²) in [6, 6.07) is 6.81. The number of ether oxygens (including phenoxy) is 1. The predicted octanol–water partition coefficient (Wildman–Crippen LogP) is 3.91. The fourth-order valence-electron chi connectivity index (χ4n) is 1.06. The van der Waals surface area contributed by atoms with Crippen LogP contribution in [0.4, 0.5) is 4.39 Å². The Morgan fingerprint density at radius 1 is 1.50 bits per heavy atom. The van der Waals surface area contributed by atoms with Crippen LogP contribution in [0.3, 0.4) is 0 Å². The Morgan fingerprint density at radius 2 is 2.19 bits per heavy atom. The second-order valence-corrected chi connectivity index (χ2v) is 5.08. The largest absolute Gasteiger partial charge is 0.490 e. The van der Waals surface area contributed by atoms with E-state index in [1.807, 2.05) is 13.8 Å². The van der Waals surface area contributed by atoms with Crippen molar-refractivity contribution in [3.8, 4) is 11.8 Å². The number of rotatable bonds is 4. The van der Waals surface area contributed by atoms with Gasteiger partial charge in [0.15, 0.2) is 11.6 Å². The topological polar surface area (TPSA) is 33.0 Å². The lowest BCUT2D eigenvalue weighted by molar-refractivity contribution is 0.254. The molecule has 86 valence electrons. The monoisotopic (exact) mass is 285 g/mol. The van der Waals surface area contributed by atoms with Gasteiger partial charge in [0.25, 0.3) is 0 Å². The molecule has 0 saturated heterocycles. The molecule has 0 aliphatic heterocycles. The summed E-state index contributed by atoms with van der Waals surface area (Å²) in [7, 11) is 0. The van der Waals surface area contributed by atoms with E-state index >= 15 is 0 Å². The lowest BCUT2D eigenvalue weighted by atomic mass is 9.92.